The molecule has 2 aromatic heterocycles. The zero-order chi connectivity index (χ0) is 21.8. The molecule has 0 bridgehead atoms. The van der Waals surface area contributed by atoms with E-state index >= 15 is 0 Å². The van der Waals surface area contributed by atoms with E-state index in [4.69, 9.17) is 12.2 Å². The molecule has 0 unspecified atom stereocenters. The third-order valence-corrected chi connectivity index (χ3v) is 5.61. The van der Waals surface area contributed by atoms with Crippen LogP contribution in [0.2, 0.25) is 0 Å². The van der Waals surface area contributed by atoms with Crippen LogP contribution in [0, 0.1) is 25.5 Å². The summed E-state index contributed by atoms with van der Waals surface area (Å²) in [5, 5.41) is 14.7. The smallest absolute Gasteiger partial charge is 0.220 e. The van der Waals surface area contributed by atoms with Gasteiger partial charge in [0.2, 0.25) is 5.91 Å². The first kappa shape index (κ1) is 22.0. The number of rotatable bonds is 8. The first-order chi connectivity index (χ1) is 14.3. The Hall–Kier alpha value is -2.74. The Labute approximate surface area is 182 Å². The summed E-state index contributed by atoms with van der Waals surface area (Å²) in [5.74, 6) is 0.728. The fourth-order valence-corrected chi connectivity index (χ4v) is 3.98. The lowest BCUT2D eigenvalue weighted by Gasteiger charge is -2.11. The molecule has 8 heteroatoms. The number of aryl methyl sites for hydroxylation is 2. The van der Waals surface area contributed by atoms with Crippen LogP contribution in [0.1, 0.15) is 60.2 Å². The minimum atomic E-state index is -0.00990. The lowest BCUT2D eigenvalue weighted by molar-refractivity contribution is -0.121. The summed E-state index contributed by atoms with van der Waals surface area (Å²) >= 11 is 5.25. The van der Waals surface area contributed by atoms with Gasteiger partial charge in [-0.3, -0.25) is 14.6 Å². The number of aromatic amines is 1. The SMILES string of the molecule is Cc1ccc(Cn2nc(C)c(CCC(=O)NCc3n[nH]c(=S)n3C(C)C)c2C)cc1. The Bertz CT molecular complexity index is 1070. The van der Waals surface area contributed by atoms with Crippen molar-refractivity contribution >= 4 is 18.1 Å². The van der Waals surface area contributed by atoms with Gasteiger partial charge >= 0.3 is 0 Å². The van der Waals surface area contributed by atoms with Gasteiger partial charge < -0.3 is 9.88 Å². The molecule has 3 aromatic rings. The molecule has 0 saturated heterocycles. The zero-order valence-corrected chi connectivity index (χ0v) is 19.1. The van der Waals surface area contributed by atoms with Crippen molar-refractivity contribution in [1.82, 2.24) is 29.9 Å². The Balaban J connectivity index is 1.59. The maximum atomic E-state index is 12.4. The average Bonchev–Trinajstić information content (AvgIpc) is 3.19. The van der Waals surface area contributed by atoms with E-state index in [0.717, 1.165) is 29.3 Å². The van der Waals surface area contributed by atoms with E-state index in [1.807, 2.05) is 30.0 Å². The van der Waals surface area contributed by atoms with Gasteiger partial charge in [0.25, 0.3) is 0 Å². The molecule has 160 valence electrons. The summed E-state index contributed by atoms with van der Waals surface area (Å²) in [6, 6.07) is 8.68. The van der Waals surface area contributed by atoms with Crippen LogP contribution in [-0.4, -0.2) is 30.5 Å². The van der Waals surface area contributed by atoms with Crippen LogP contribution >= 0.6 is 12.2 Å². The van der Waals surface area contributed by atoms with E-state index in [9.17, 15) is 4.79 Å². The average molecular weight is 427 g/mol. The predicted octanol–water partition coefficient (Wildman–Crippen LogP) is 3.94. The second-order valence-corrected chi connectivity index (χ2v) is 8.36. The van der Waals surface area contributed by atoms with Crippen molar-refractivity contribution in [2.24, 2.45) is 0 Å². The molecule has 2 N–H and O–H groups in total. The molecule has 0 fully saturated rings. The summed E-state index contributed by atoms with van der Waals surface area (Å²) < 4.78 is 4.51. The zero-order valence-electron chi connectivity index (χ0n) is 18.3. The Morgan fingerprint density at radius 2 is 1.90 bits per heavy atom. The fraction of sp³-hybridized carbons (Fsp3) is 0.455. The molecule has 30 heavy (non-hydrogen) atoms. The Morgan fingerprint density at radius 3 is 2.57 bits per heavy atom. The van der Waals surface area contributed by atoms with Gasteiger partial charge in [-0.1, -0.05) is 29.8 Å². The summed E-state index contributed by atoms with van der Waals surface area (Å²) in [4.78, 5) is 12.4. The minimum absolute atomic E-state index is 0.00990. The highest BCUT2D eigenvalue weighted by Crippen LogP contribution is 2.17. The Kier molecular flexibility index (Phi) is 6.87. The predicted molar refractivity (Wildman–Crippen MR) is 120 cm³/mol. The molecule has 0 radical (unpaired) electrons. The van der Waals surface area contributed by atoms with Gasteiger partial charge in [-0.2, -0.15) is 10.2 Å². The second kappa shape index (κ2) is 9.38. The van der Waals surface area contributed by atoms with E-state index in [0.29, 0.717) is 24.2 Å². The molecule has 0 aliphatic heterocycles. The first-order valence-electron chi connectivity index (χ1n) is 10.3. The molecule has 1 aromatic carbocycles. The quantitative estimate of drug-likeness (QED) is 0.535. The van der Waals surface area contributed by atoms with Crippen molar-refractivity contribution in [1.29, 1.82) is 0 Å². The van der Waals surface area contributed by atoms with Gasteiger partial charge in [0.05, 0.1) is 18.8 Å². The van der Waals surface area contributed by atoms with Gasteiger partial charge in [-0.25, -0.2) is 0 Å². The molecule has 1 amide bonds. The normalized spacial score (nSPS) is 11.3. The highest BCUT2D eigenvalue weighted by molar-refractivity contribution is 7.71. The monoisotopic (exact) mass is 426 g/mol. The molecule has 0 aliphatic carbocycles. The van der Waals surface area contributed by atoms with E-state index in [1.54, 1.807) is 0 Å². The summed E-state index contributed by atoms with van der Waals surface area (Å²) in [6.45, 7) is 11.3. The number of amides is 1. The number of carbonyl (C=O) groups excluding carboxylic acids is 1. The molecular formula is C22H30N6OS. The number of H-pyrrole nitrogens is 1. The van der Waals surface area contributed by atoms with Crippen LogP contribution in [-0.2, 0) is 24.3 Å². The summed E-state index contributed by atoms with van der Waals surface area (Å²) in [5.41, 5.74) is 5.70. The topological polar surface area (TPSA) is 80.5 Å². The molecular weight excluding hydrogens is 396 g/mol. The molecule has 0 aliphatic rings. The fourth-order valence-electron chi connectivity index (χ4n) is 3.62. The maximum Gasteiger partial charge on any atom is 0.220 e. The number of aromatic nitrogens is 5. The minimum Gasteiger partial charge on any atom is -0.349 e. The van der Waals surface area contributed by atoms with E-state index in [-0.39, 0.29) is 11.9 Å². The van der Waals surface area contributed by atoms with Gasteiger partial charge in [0.15, 0.2) is 10.6 Å². The highest BCUT2D eigenvalue weighted by atomic mass is 32.1. The number of nitrogens with zero attached hydrogens (tertiary/aromatic N) is 4. The van der Waals surface area contributed by atoms with Crippen LogP contribution in [0.15, 0.2) is 24.3 Å². The number of hydrogen-bond donors (Lipinski definition) is 2. The summed E-state index contributed by atoms with van der Waals surface area (Å²) in [6.07, 6.45) is 1.07. The van der Waals surface area contributed by atoms with Crippen molar-refractivity contribution in [3.63, 3.8) is 0 Å². The number of nitrogens with one attached hydrogen (secondary N) is 2. The lowest BCUT2D eigenvalue weighted by Crippen LogP contribution is -2.25. The first-order valence-corrected chi connectivity index (χ1v) is 10.7. The largest absolute Gasteiger partial charge is 0.349 e. The van der Waals surface area contributed by atoms with E-state index in [1.165, 1.54) is 11.1 Å². The molecule has 3 rings (SSSR count). The van der Waals surface area contributed by atoms with Crippen LogP contribution in [0.3, 0.4) is 0 Å². The van der Waals surface area contributed by atoms with Crippen molar-refractivity contribution in [3.8, 4) is 0 Å². The van der Waals surface area contributed by atoms with Crippen LogP contribution in [0.25, 0.3) is 0 Å². The molecule has 7 nitrogen and oxygen atoms in total. The molecule has 0 atom stereocenters. The van der Waals surface area contributed by atoms with Gasteiger partial charge in [0, 0.05) is 18.2 Å². The van der Waals surface area contributed by atoms with Crippen molar-refractivity contribution in [3.05, 3.63) is 62.9 Å². The van der Waals surface area contributed by atoms with Crippen molar-refractivity contribution < 1.29 is 4.79 Å². The number of hydrogen-bond acceptors (Lipinski definition) is 4. The van der Waals surface area contributed by atoms with Crippen LogP contribution in [0.4, 0.5) is 0 Å². The molecule has 2 heterocycles. The van der Waals surface area contributed by atoms with Crippen LogP contribution in [0.5, 0.6) is 0 Å². The van der Waals surface area contributed by atoms with Crippen LogP contribution < -0.4 is 5.32 Å². The standard InChI is InChI=1S/C22H30N6OS/c1-14(2)28-20(24-25-22(28)30)12-23-21(29)11-10-19-16(4)26-27(17(19)5)13-18-8-6-15(3)7-9-18/h6-9,14H,10-13H2,1-5H3,(H,23,29)(H,25,30). The highest BCUT2D eigenvalue weighted by Gasteiger charge is 2.15. The third kappa shape index (κ3) is 5.05. The van der Waals surface area contributed by atoms with E-state index < -0.39 is 0 Å². The van der Waals surface area contributed by atoms with Gasteiger partial charge in [-0.05, 0) is 64.4 Å². The Morgan fingerprint density at radius 1 is 1.20 bits per heavy atom. The summed E-state index contributed by atoms with van der Waals surface area (Å²) in [7, 11) is 0. The van der Waals surface area contributed by atoms with Gasteiger partial charge in [0.1, 0.15) is 0 Å². The number of carbonyl (C=O) groups is 1. The van der Waals surface area contributed by atoms with Crippen molar-refractivity contribution in [2.75, 3.05) is 0 Å². The lowest BCUT2D eigenvalue weighted by atomic mass is 10.1. The molecule has 0 spiro atoms. The van der Waals surface area contributed by atoms with Crippen molar-refractivity contribution in [2.45, 2.75) is 66.6 Å². The van der Waals surface area contributed by atoms with E-state index in [2.05, 4.69) is 58.7 Å². The third-order valence-electron chi connectivity index (χ3n) is 5.32. The molecule has 0 saturated carbocycles. The number of benzene rings is 1. The maximum absolute atomic E-state index is 12.4. The second-order valence-electron chi connectivity index (χ2n) is 7.98. The van der Waals surface area contributed by atoms with Gasteiger partial charge in [-0.15, -0.1) is 0 Å².